The molecule has 3 nitrogen and oxygen atoms in total. The lowest BCUT2D eigenvalue weighted by atomic mass is 9.95. The highest BCUT2D eigenvalue weighted by atomic mass is 16.6. The zero-order valence-electron chi connectivity index (χ0n) is 5.55. The second kappa shape index (κ2) is 1.70. The van der Waals surface area contributed by atoms with Crippen molar-refractivity contribution in [1.29, 1.82) is 0 Å². The van der Waals surface area contributed by atoms with E-state index in [1.165, 1.54) is 6.92 Å². The first kappa shape index (κ1) is 6.55. The summed E-state index contributed by atoms with van der Waals surface area (Å²) in [5.41, 5.74) is -1.25. The van der Waals surface area contributed by atoms with Crippen molar-refractivity contribution >= 4 is 5.97 Å². The predicted octanol–water partition coefficient (Wildman–Crippen LogP) is -0.0697. The van der Waals surface area contributed by atoms with Gasteiger partial charge in [0.15, 0.2) is 5.60 Å². The molecule has 0 aromatic carbocycles. The van der Waals surface area contributed by atoms with Gasteiger partial charge in [-0.3, -0.25) is 0 Å². The molecule has 0 unspecified atom stereocenters. The van der Waals surface area contributed by atoms with Crippen LogP contribution in [-0.4, -0.2) is 23.3 Å². The van der Waals surface area contributed by atoms with Crippen LogP contribution < -0.4 is 0 Å². The predicted molar refractivity (Wildman–Crippen MR) is 30.7 cm³/mol. The Kier molecular flexibility index (Phi) is 1.24. The molecule has 0 amide bonds. The van der Waals surface area contributed by atoms with Crippen molar-refractivity contribution in [3.63, 3.8) is 0 Å². The molecule has 0 bridgehead atoms. The van der Waals surface area contributed by atoms with Crippen LogP contribution in [0.5, 0.6) is 0 Å². The summed E-state index contributed by atoms with van der Waals surface area (Å²) >= 11 is 0. The van der Waals surface area contributed by atoms with Gasteiger partial charge < -0.3 is 9.84 Å². The number of rotatable bonds is 0. The van der Waals surface area contributed by atoms with Gasteiger partial charge in [-0.1, -0.05) is 6.92 Å². The molecule has 2 atom stereocenters. The van der Waals surface area contributed by atoms with Crippen molar-refractivity contribution in [3.05, 3.63) is 0 Å². The maximum absolute atomic E-state index is 10.6. The van der Waals surface area contributed by atoms with E-state index in [9.17, 15) is 9.90 Å². The standard InChI is InChI=1S/C6H10O3/c1-4-3-9-5(7)6(4,2)8/h4,8H,3H2,1-2H3/t4-,6+/m1/s1. The number of hydrogen-bond acceptors (Lipinski definition) is 3. The van der Waals surface area contributed by atoms with Gasteiger partial charge in [0.05, 0.1) is 6.61 Å². The van der Waals surface area contributed by atoms with Gasteiger partial charge >= 0.3 is 5.97 Å². The van der Waals surface area contributed by atoms with E-state index in [0.29, 0.717) is 6.61 Å². The van der Waals surface area contributed by atoms with E-state index in [0.717, 1.165) is 0 Å². The molecule has 0 aromatic heterocycles. The zero-order valence-corrected chi connectivity index (χ0v) is 5.55. The molecule has 0 saturated carbocycles. The van der Waals surface area contributed by atoms with Crippen molar-refractivity contribution in [2.75, 3.05) is 6.61 Å². The molecule has 0 spiro atoms. The summed E-state index contributed by atoms with van der Waals surface area (Å²) in [5, 5.41) is 9.26. The Morgan fingerprint density at radius 2 is 2.44 bits per heavy atom. The molecule has 1 aliphatic heterocycles. The number of ether oxygens (including phenoxy) is 1. The van der Waals surface area contributed by atoms with E-state index in [4.69, 9.17) is 0 Å². The van der Waals surface area contributed by atoms with E-state index in [1.54, 1.807) is 6.92 Å². The van der Waals surface area contributed by atoms with Crippen LogP contribution in [0.1, 0.15) is 13.8 Å². The van der Waals surface area contributed by atoms with Gasteiger partial charge in [0.25, 0.3) is 0 Å². The van der Waals surface area contributed by atoms with Gasteiger partial charge in [-0.25, -0.2) is 4.79 Å². The third-order valence-electron chi connectivity index (χ3n) is 1.84. The summed E-state index contributed by atoms with van der Waals surface area (Å²) in [6.45, 7) is 3.60. The van der Waals surface area contributed by atoms with Crippen LogP contribution in [0.25, 0.3) is 0 Å². The van der Waals surface area contributed by atoms with E-state index < -0.39 is 11.6 Å². The number of carbonyl (C=O) groups is 1. The highest BCUT2D eigenvalue weighted by Gasteiger charge is 2.44. The Morgan fingerprint density at radius 1 is 1.89 bits per heavy atom. The highest BCUT2D eigenvalue weighted by Crippen LogP contribution is 2.24. The highest BCUT2D eigenvalue weighted by molar-refractivity contribution is 5.80. The fourth-order valence-electron chi connectivity index (χ4n) is 0.710. The second-order valence-corrected chi connectivity index (χ2v) is 2.65. The summed E-state index contributed by atoms with van der Waals surface area (Å²) in [5.74, 6) is -0.583. The van der Waals surface area contributed by atoms with Gasteiger partial charge in [-0.05, 0) is 6.92 Å². The molecule has 1 N–H and O–H groups in total. The van der Waals surface area contributed by atoms with Crippen LogP contribution in [-0.2, 0) is 9.53 Å². The van der Waals surface area contributed by atoms with E-state index in [2.05, 4.69) is 4.74 Å². The summed E-state index contributed by atoms with van der Waals surface area (Å²) in [6.07, 6.45) is 0. The molecule has 1 heterocycles. The van der Waals surface area contributed by atoms with Crippen LogP contribution in [0.15, 0.2) is 0 Å². The lowest BCUT2D eigenvalue weighted by Crippen LogP contribution is -2.35. The zero-order chi connectivity index (χ0) is 7.07. The maximum Gasteiger partial charge on any atom is 0.338 e. The maximum atomic E-state index is 10.6. The molecule has 52 valence electrons. The summed E-state index contributed by atoms with van der Waals surface area (Å²) in [6, 6.07) is 0. The Hall–Kier alpha value is -0.570. The van der Waals surface area contributed by atoms with Gasteiger partial charge in [0, 0.05) is 5.92 Å². The average Bonchev–Trinajstić information content (AvgIpc) is 1.96. The lowest BCUT2D eigenvalue weighted by Gasteiger charge is -2.14. The third kappa shape index (κ3) is 0.812. The minimum Gasteiger partial charge on any atom is -0.463 e. The lowest BCUT2D eigenvalue weighted by molar-refractivity contribution is -0.152. The topological polar surface area (TPSA) is 46.5 Å². The molecule has 1 saturated heterocycles. The van der Waals surface area contributed by atoms with E-state index in [1.807, 2.05) is 0 Å². The third-order valence-corrected chi connectivity index (χ3v) is 1.84. The molecule has 1 aliphatic rings. The van der Waals surface area contributed by atoms with Crippen molar-refractivity contribution in [2.45, 2.75) is 19.4 Å². The molecular weight excluding hydrogens is 120 g/mol. The SMILES string of the molecule is C[C@@H]1COC(=O)[C@@]1(C)O. The average molecular weight is 130 g/mol. The minimum atomic E-state index is -1.25. The Morgan fingerprint density at radius 3 is 2.56 bits per heavy atom. The number of aliphatic hydroxyl groups is 1. The van der Waals surface area contributed by atoms with Gasteiger partial charge in [0.2, 0.25) is 0 Å². The molecule has 3 heteroatoms. The molecule has 0 aromatic rings. The van der Waals surface area contributed by atoms with E-state index in [-0.39, 0.29) is 5.92 Å². The van der Waals surface area contributed by atoms with Crippen molar-refractivity contribution in [3.8, 4) is 0 Å². The van der Waals surface area contributed by atoms with Gasteiger partial charge in [-0.2, -0.15) is 0 Å². The van der Waals surface area contributed by atoms with Crippen LogP contribution in [0.4, 0.5) is 0 Å². The van der Waals surface area contributed by atoms with Crippen LogP contribution >= 0.6 is 0 Å². The van der Waals surface area contributed by atoms with Crippen molar-refractivity contribution < 1.29 is 14.6 Å². The number of cyclic esters (lactones) is 1. The number of carbonyl (C=O) groups excluding carboxylic acids is 1. The van der Waals surface area contributed by atoms with Gasteiger partial charge in [0.1, 0.15) is 0 Å². The van der Waals surface area contributed by atoms with Crippen molar-refractivity contribution in [1.82, 2.24) is 0 Å². The molecule has 1 rings (SSSR count). The van der Waals surface area contributed by atoms with Gasteiger partial charge in [-0.15, -0.1) is 0 Å². The summed E-state index contributed by atoms with van der Waals surface area (Å²) < 4.78 is 4.59. The fourth-order valence-corrected chi connectivity index (χ4v) is 0.710. The normalized spacial score (nSPS) is 43.0. The largest absolute Gasteiger partial charge is 0.463 e. The first-order chi connectivity index (χ1) is 4.05. The molecule has 0 radical (unpaired) electrons. The smallest absolute Gasteiger partial charge is 0.338 e. The Balaban J connectivity index is 2.78. The molecular formula is C6H10O3. The molecule has 1 fully saturated rings. The quantitative estimate of drug-likeness (QED) is 0.467. The monoisotopic (exact) mass is 130 g/mol. The minimum absolute atomic E-state index is 0.0787. The fraction of sp³-hybridized carbons (Fsp3) is 0.833. The first-order valence-corrected chi connectivity index (χ1v) is 2.94. The van der Waals surface area contributed by atoms with Crippen molar-refractivity contribution in [2.24, 2.45) is 5.92 Å². The van der Waals surface area contributed by atoms with Crippen LogP contribution in [0.3, 0.4) is 0 Å². The second-order valence-electron chi connectivity index (χ2n) is 2.65. The Labute approximate surface area is 53.6 Å². The molecule has 9 heavy (non-hydrogen) atoms. The Bertz CT molecular complexity index is 139. The molecule has 0 aliphatic carbocycles. The van der Waals surface area contributed by atoms with E-state index >= 15 is 0 Å². The summed E-state index contributed by atoms with van der Waals surface area (Å²) in [7, 11) is 0. The van der Waals surface area contributed by atoms with Crippen LogP contribution in [0.2, 0.25) is 0 Å². The van der Waals surface area contributed by atoms with Crippen LogP contribution in [0, 0.1) is 5.92 Å². The number of hydrogen-bond donors (Lipinski definition) is 1. The number of esters is 1. The summed E-state index contributed by atoms with van der Waals surface area (Å²) in [4.78, 5) is 10.6. The first-order valence-electron chi connectivity index (χ1n) is 2.94.